The fourth-order valence-electron chi connectivity index (χ4n) is 2.27. The summed E-state index contributed by atoms with van der Waals surface area (Å²) in [5.41, 5.74) is 2.12. The van der Waals surface area contributed by atoms with Gasteiger partial charge in [-0.1, -0.05) is 24.3 Å². The Morgan fingerprint density at radius 1 is 1.11 bits per heavy atom. The fraction of sp³-hybridized carbons (Fsp3) is 0.316. The Hall–Kier alpha value is -2.74. The van der Waals surface area contributed by atoms with Crippen molar-refractivity contribution in [2.24, 2.45) is 4.99 Å². The topological polar surface area (TPSA) is 88.8 Å². The van der Waals surface area contributed by atoms with Crippen LogP contribution in [0.4, 0.5) is 5.69 Å². The predicted molar refractivity (Wildman–Crippen MR) is 110 cm³/mol. The number of ether oxygens (including phenoxy) is 1. The summed E-state index contributed by atoms with van der Waals surface area (Å²) in [6, 6.07) is 14.3. The lowest BCUT2D eigenvalue weighted by Gasteiger charge is -2.12. The van der Waals surface area contributed by atoms with Crippen LogP contribution < -0.4 is 15.4 Å². The molecule has 0 unspecified atom stereocenters. The Labute approximate surface area is 163 Å². The summed E-state index contributed by atoms with van der Waals surface area (Å²) in [6.07, 6.45) is 2.06. The molecule has 0 aliphatic heterocycles. The van der Waals surface area contributed by atoms with Crippen molar-refractivity contribution in [3.8, 4) is 5.75 Å². The van der Waals surface area contributed by atoms with Crippen molar-refractivity contribution in [1.82, 2.24) is 10.6 Å². The Morgan fingerprint density at radius 2 is 1.78 bits per heavy atom. The zero-order chi connectivity index (χ0) is 19.5. The molecule has 0 bridgehead atoms. The molecule has 144 valence electrons. The number of nitro groups is 1. The first-order valence-electron chi connectivity index (χ1n) is 8.49. The summed E-state index contributed by atoms with van der Waals surface area (Å²) >= 11 is 1.76. The molecule has 7 nitrogen and oxygen atoms in total. The van der Waals surface area contributed by atoms with E-state index in [0.717, 1.165) is 29.2 Å². The van der Waals surface area contributed by atoms with Crippen LogP contribution in [0.25, 0.3) is 0 Å². The van der Waals surface area contributed by atoms with E-state index in [1.165, 1.54) is 12.1 Å². The van der Waals surface area contributed by atoms with E-state index in [1.807, 2.05) is 24.3 Å². The molecule has 2 aromatic carbocycles. The number of nitrogens with one attached hydrogen (secondary N) is 2. The molecule has 0 heterocycles. The van der Waals surface area contributed by atoms with Gasteiger partial charge in [0.2, 0.25) is 0 Å². The number of methoxy groups -OCH3 is 1. The molecule has 8 heteroatoms. The normalized spacial score (nSPS) is 11.1. The lowest BCUT2D eigenvalue weighted by molar-refractivity contribution is -0.384. The van der Waals surface area contributed by atoms with Gasteiger partial charge in [-0.15, -0.1) is 0 Å². The first-order chi connectivity index (χ1) is 13.1. The molecule has 2 N–H and O–H groups in total. The van der Waals surface area contributed by atoms with Crippen molar-refractivity contribution >= 4 is 23.4 Å². The fourth-order valence-corrected chi connectivity index (χ4v) is 2.57. The van der Waals surface area contributed by atoms with E-state index in [1.54, 1.807) is 31.0 Å². The first kappa shape index (κ1) is 20.6. The summed E-state index contributed by atoms with van der Waals surface area (Å²) in [6.45, 7) is 1.88. The Morgan fingerprint density at radius 3 is 2.37 bits per heavy atom. The number of guanidine groups is 1. The maximum absolute atomic E-state index is 10.7. The number of benzene rings is 2. The summed E-state index contributed by atoms with van der Waals surface area (Å²) in [7, 11) is 1.64. The van der Waals surface area contributed by atoms with Crippen molar-refractivity contribution in [1.29, 1.82) is 0 Å². The van der Waals surface area contributed by atoms with Gasteiger partial charge in [0.1, 0.15) is 5.75 Å². The highest BCUT2D eigenvalue weighted by molar-refractivity contribution is 7.98. The molecule has 0 fully saturated rings. The smallest absolute Gasteiger partial charge is 0.269 e. The number of hydrogen-bond acceptors (Lipinski definition) is 5. The standard InChI is InChI=1S/C19H24N4O3S/c1-26-18-9-5-16(6-10-18)14-22-19(20-11-12-27-2)21-13-15-3-7-17(8-4-15)23(24)25/h3-10H,11-14H2,1-2H3,(H2,20,21,22). The number of hydrogen-bond donors (Lipinski definition) is 2. The van der Waals surface area contributed by atoms with Gasteiger partial charge in [0.05, 0.1) is 18.6 Å². The van der Waals surface area contributed by atoms with E-state index in [-0.39, 0.29) is 5.69 Å². The zero-order valence-corrected chi connectivity index (χ0v) is 16.3. The van der Waals surface area contributed by atoms with Gasteiger partial charge in [-0.25, -0.2) is 4.99 Å². The minimum absolute atomic E-state index is 0.0882. The van der Waals surface area contributed by atoms with Crippen molar-refractivity contribution < 1.29 is 9.66 Å². The Balaban J connectivity index is 1.97. The van der Waals surface area contributed by atoms with Gasteiger partial charge in [-0.05, 0) is 29.5 Å². The zero-order valence-electron chi connectivity index (χ0n) is 15.5. The summed E-state index contributed by atoms with van der Waals surface area (Å²) in [5.74, 6) is 2.50. The van der Waals surface area contributed by atoms with E-state index in [0.29, 0.717) is 19.0 Å². The molecule has 0 saturated heterocycles. The van der Waals surface area contributed by atoms with E-state index < -0.39 is 4.92 Å². The van der Waals surface area contributed by atoms with Crippen LogP contribution in [0.3, 0.4) is 0 Å². The second kappa shape index (κ2) is 11.1. The lowest BCUT2D eigenvalue weighted by atomic mass is 10.2. The SMILES string of the molecule is COc1ccc(CN=C(NCCSC)NCc2ccc([N+](=O)[O-])cc2)cc1. The molecular weight excluding hydrogens is 364 g/mol. The van der Waals surface area contributed by atoms with Gasteiger partial charge < -0.3 is 15.4 Å². The highest BCUT2D eigenvalue weighted by Crippen LogP contribution is 2.13. The van der Waals surface area contributed by atoms with Crippen LogP contribution in [0.5, 0.6) is 5.75 Å². The number of aliphatic imine (C=N–C) groups is 1. The molecule has 0 spiro atoms. The summed E-state index contributed by atoms with van der Waals surface area (Å²) in [4.78, 5) is 15.0. The number of thioether (sulfide) groups is 1. The molecule has 0 radical (unpaired) electrons. The van der Waals surface area contributed by atoms with Crippen LogP contribution in [0.2, 0.25) is 0 Å². The Kier molecular flexibility index (Phi) is 8.44. The van der Waals surface area contributed by atoms with E-state index in [4.69, 9.17) is 4.74 Å². The molecule has 0 amide bonds. The number of nitro benzene ring substituents is 1. The van der Waals surface area contributed by atoms with Crippen LogP contribution in [0.1, 0.15) is 11.1 Å². The van der Waals surface area contributed by atoms with Gasteiger partial charge in [0, 0.05) is 31.0 Å². The summed E-state index contributed by atoms with van der Waals surface area (Å²) < 4.78 is 5.17. The second-order valence-electron chi connectivity index (χ2n) is 5.71. The van der Waals surface area contributed by atoms with Crippen LogP contribution in [-0.4, -0.2) is 36.5 Å². The number of nitrogens with zero attached hydrogens (tertiary/aromatic N) is 2. The van der Waals surface area contributed by atoms with Gasteiger partial charge in [0.25, 0.3) is 5.69 Å². The first-order valence-corrected chi connectivity index (χ1v) is 9.89. The average Bonchev–Trinajstić information content (AvgIpc) is 2.70. The Bertz CT molecular complexity index is 749. The monoisotopic (exact) mass is 388 g/mol. The summed E-state index contributed by atoms with van der Waals surface area (Å²) in [5, 5.41) is 17.3. The van der Waals surface area contributed by atoms with Crippen LogP contribution in [-0.2, 0) is 13.1 Å². The molecule has 2 aromatic rings. The number of non-ortho nitro benzene ring substituents is 1. The largest absolute Gasteiger partial charge is 0.497 e. The van der Waals surface area contributed by atoms with Crippen molar-refractivity contribution in [3.05, 3.63) is 69.8 Å². The van der Waals surface area contributed by atoms with Gasteiger partial charge in [-0.3, -0.25) is 10.1 Å². The van der Waals surface area contributed by atoms with Gasteiger partial charge >= 0.3 is 0 Å². The van der Waals surface area contributed by atoms with E-state index >= 15 is 0 Å². The van der Waals surface area contributed by atoms with Gasteiger partial charge in [0.15, 0.2) is 5.96 Å². The van der Waals surface area contributed by atoms with E-state index in [9.17, 15) is 10.1 Å². The third kappa shape index (κ3) is 7.18. The molecule has 0 aromatic heterocycles. The van der Waals surface area contributed by atoms with Crippen molar-refractivity contribution in [3.63, 3.8) is 0 Å². The maximum Gasteiger partial charge on any atom is 0.269 e. The van der Waals surface area contributed by atoms with Gasteiger partial charge in [-0.2, -0.15) is 11.8 Å². The van der Waals surface area contributed by atoms with Crippen LogP contribution in [0.15, 0.2) is 53.5 Å². The van der Waals surface area contributed by atoms with Crippen molar-refractivity contribution in [2.45, 2.75) is 13.1 Å². The minimum Gasteiger partial charge on any atom is -0.497 e. The lowest BCUT2D eigenvalue weighted by Crippen LogP contribution is -2.38. The molecule has 2 rings (SSSR count). The third-order valence-electron chi connectivity index (χ3n) is 3.78. The third-order valence-corrected chi connectivity index (χ3v) is 4.40. The van der Waals surface area contributed by atoms with Crippen LogP contribution >= 0.6 is 11.8 Å². The quantitative estimate of drug-likeness (QED) is 0.225. The molecule has 0 aliphatic rings. The maximum atomic E-state index is 10.7. The second-order valence-corrected chi connectivity index (χ2v) is 6.70. The number of rotatable bonds is 9. The van der Waals surface area contributed by atoms with E-state index in [2.05, 4.69) is 21.9 Å². The molecule has 0 atom stereocenters. The highest BCUT2D eigenvalue weighted by Gasteiger charge is 2.05. The molecular formula is C19H24N4O3S. The molecule has 27 heavy (non-hydrogen) atoms. The van der Waals surface area contributed by atoms with Crippen molar-refractivity contribution in [2.75, 3.05) is 25.7 Å². The highest BCUT2D eigenvalue weighted by atomic mass is 32.2. The molecule has 0 aliphatic carbocycles. The molecule has 0 saturated carbocycles. The van der Waals surface area contributed by atoms with Crippen LogP contribution in [0, 0.1) is 10.1 Å². The average molecular weight is 388 g/mol. The predicted octanol–water partition coefficient (Wildman–Crippen LogP) is 3.20. The minimum atomic E-state index is -0.400.